The van der Waals surface area contributed by atoms with Crippen LogP contribution >= 0.6 is 0 Å². The molecule has 0 radical (unpaired) electrons. The molecule has 1 aliphatic rings. The van der Waals surface area contributed by atoms with Gasteiger partial charge in [0.2, 0.25) is 10.8 Å². The largest absolute Gasteiger partial charge is 0.416 e. The first-order valence-electron chi connectivity index (χ1n) is 9.81. The van der Waals surface area contributed by atoms with E-state index in [9.17, 15) is 26.4 Å². The van der Waals surface area contributed by atoms with Gasteiger partial charge in [0.1, 0.15) is 0 Å². The fraction of sp³-hybridized carbons (Fsp3) is 0.300. The maximum absolute atomic E-state index is 13.2. The van der Waals surface area contributed by atoms with Crippen molar-refractivity contribution in [3.05, 3.63) is 58.3 Å². The number of aromatic nitrogens is 5. The lowest BCUT2D eigenvalue weighted by molar-refractivity contribution is -0.137. The van der Waals surface area contributed by atoms with Crippen LogP contribution in [0.15, 0.2) is 46.5 Å². The van der Waals surface area contributed by atoms with Crippen molar-refractivity contribution in [3.63, 3.8) is 0 Å². The number of alkyl halides is 3. The minimum absolute atomic E-state index is 0.0780. The second-order valence-electron chi connectivity index (χ2n) is 7.60. The van der Waals surface area contributed by atoms with Crippen LogP contribution in [0.25, 0.3) is 22.4 Å². The average Bonchev–Trinajstić information content (AvgIpc) is 3.53. The number of hydrogen-bond donors (Lipinski definition) is 0. The van der Waals surface area contributed by atoms with Crippen LogP contribution < -0.4 is 5.56 Å². The summed E-state index contributed by atoms with van der Waals surface area (Å²) in [6, 6.07) is 4.46. The van der Waals surface area contributed by atoms with Crippen LogP contribution in [0.1, 0.15) is 36.9 Å². The molecule has 3 aromatic heterocycles. The van der Waals surface area contributed by atoms with E-state index in [1.807, 2.05) is 0 Å². The molecule has 3 heterocycles. The van der Waals surface area contributed by atoms with Gasteiger partial charge in [-0.3, -0.25) is 9.20 Å². The molecule has 8 nitrogen and oxygen atoms in total. The number of nitrogens with zero attached hydrogens (tertiary/aromatic N) is 5. The van der Waals surface area contributed by atoms with Gasteiger partial charge in [-0.2, -0.15) is 27.9 Å². The first-order valence-corrected chi connectivity index (χ1v) is 11.5. The number of benzene rings is 1. The van der Waals surface area contributed by atoms with Gasteiger partial charge >= 0.3 is 6.18 Å². The fourth-order valence-corrected chi connectivity index (χ4v) is 4.48. The van der Waals surface area contributed by atoms with E-state index in [-0.39, 0.29) is 34.0 Å². The number of hydrogen-bond acceptors (Lipinski definition) is 6. The monoisotopic (exact) mass is 463 g/mol. The van der Waals surface area contributed by atoms with Crippen LogP contribution in [0.3, 0.4) is 0 Å². The SMILES string of the molecule is CCS(=O)(=O)c1nc2nc(C3CC3)ccn2c1-n1ncc2ccc(C(F)(F)F)cc2c1=O. The summed E-state index contributed by atoms with van der Waals surface area (Å²) >= 11 is 0. The van der Waals surface area contributed by atoms with Crippen LogP contribution in [-0.2, 0) is 16.0 Å². The molecule has 5 rings (SSSR count). The maximum Gasteiger partial charge on any atom is 0.416 e. The van der Waals surface area contributed by atoms with Gasteiger partial charge in [0.25, 0.3) is 5.56 Å². The van der Waals surface area contributed by atoms with Gasteiger partial charge in [0.05, 0.1) is 22.9 Å². The zero-order valence-corrected chi connectivity index (χ0v) is 17.5. The summed E-state index contributed by atoms with van der Waals surface area (Å²) in [5.74, 6) is -0.108. The zero-order chi connectivity index (χ0) is 22.8. The second-order valence-corrected chi connectivity index (χ2v) is 9.80. The van der Waals surface area contributed by atoms with Crippen molar-refractivity contribution >= 4 is 26.4 Å². The number of halogens is 3. The molecule has 0 atom stereocenters. The normalized spacial score (nSPS) is 15.0. The third kappa shape index (κ3) is 3.25. The molecule has 0 saturated heterocycles. The van der Waals surface area contributed by atoms with Gasteiger partial charge in [-0.15, -0.1) is 0 Å². The van der Waals surface area contributed by atoms with Gasteiger partial charge in [-0.05, 0) is 31.0 Å². The van der Waals surface area contributed by atoms with E-state index in [0.29, 0.717) is 0 Å². The fourth-order valence-electron chi connectivity index (χ4n) is 3.52. The lowest BCUT2D eigenvalue weighted by atomic mass is 10.1. The topological polar surface area (TPSA) is 99.2 Å². The third-order valence-electron chi connectivity index (χ3n) is 5.45. The molecule has 0 amide bonds. The number of fused-ring (bicyclic) bond motifs is 2. The molecule has 12 heteroatoms. The number of sulfone groups is 1. The lowest BCUT2D eigenvalue weighted by Crippen LogP contribution is -2.25. The predicted octanol–water partition coefficient (Wildman–Crippen LogP) is 3.12. The molecular formula is C20H16F3N5O3S. The van der Waals surface area contributed by atoms with Crippen molar-refractivity contribution in [2.24, 2.45) is 0 Å². The van der Waals surface area contributed by atoms with Crippen LogP contribution in [0, 0.1) is 0 Å². The molecule has 0 N–H and O–H groups in total. The van der Waals surface area contributed by atoms with E-state index in [1.165, 1.54) is 17.5 Å². The van der Waals surface area contributed by atoms with Gasteiger partial charge in [-0.25, -0.2) is 13.4 Å². The quantitative estimate of drug-likeness (QED) is 0.461. The Morgan fingerprint density at radius 3 is 2.56 bits per heavy atom. The molecule has 32 heavy (non-hydrogen) atoms. The maximum atomic E-state index is 13.2. The van der Waals surface area contributed by atoms with Gasteiger partial charge in [0.15, 0.2) is 15.7 Å². The highest BCUT2D eigenvalue weighted by molar-refractivity contribution is 7.91. The van der Waals surface area contributed by atoms with Crippen molar-refractivity contribution in [3.8, 4) is 5.82 Å². The van der Waals surface area contributed by atoms with Crippen LogP contribution in [0.4, 0.5) is 13.2 Å². The first-order chi connectivity index (χ1) is 15.1. The Hall–Kier alpha value is -3.28. The smallest absolute Gasteiger partial charge is 0.267 e. The predicted molar refractivity (Wildman–Crippen MR) is 109 cm³/mol. The van der Waals surface area contributed by atoms with Gasteiger partial charge in [-0.1, -0.05) is 13.0 Å². The highest BCUT2D eigenvalue weighted by Gasteiger charge is 2.32. The molecule has 0 aliphatic heterocycles. The van der Waals surface area contributed by atoms with E-state index in [4.69, 9.17) is 0 Å². The Balaban J connectivity index is 1.82. The lowest BCUT2D eigenvalue weighted by Gasteiger charge is -2.10. The molecule has 1 fully saturated rings. The van der Waals surface area contributed by atoms with Crippen LogP contribution in [0.2, 0.25) is 0 Å². The summed E-state index contributed by atoms with van der Waals surface area (Å²) in [4.78, 5) is 21.8. The van der Waals surface area contributed by atoms with Crippen molar-refractivity contribution in [1.29, 1.82) is 0 Å². The molecule has 1 aromatic carbocycles. The second kappa shape index (κ2) is 6.86. The molecule has 1 saturated carbocycles. The Bertz CT molecular complexity index is 1550. The standard InChI is InChI=1S/C20H16F3N5O3S/c1-2-32(30,31)16-17(27-8-7-15(11-3-4-11)25-19(27)26-16)28-18(29)14-9-13(20(21,22)23)6-5-12(14)10-24-28/h5-11H,2-4H2,1H3. The first kappa shape index (κ1) is 20.6. The summed E-state index contributed by atoms with van der Waals surface area (Å²) in [7, 11) is -3.91. The summed E-state index contributed by atoms with van der Waals surface area (Å²) in [6.45, 7) is 1.43. The molecule has 0 bridgehead atoms. The summed E-state index contributed by atoms with van der Waals surface area (Å²) in [5.41, 5.74) is -1.12. The van der Waals surface area contributed by atoms with E-state index in [0.717, 1.165) is 41.4 Å². The Labute approximate surface area is 179 Å². The van der Waals surface area contributed by atoms with Crippen LogP contribution in [-0.4, -0.2) is 38.3 Å². The molecule has 0 unspecified atom stereocenters. The zero-order valence-electron chi connectivity index (χ0n) is 16.7. The third-order valence-corrected chi connectivity index (χ3v) is 7.07. The highest BCUT2D eigenvalue weighted by Crippen LogP contribution is 2.39. The summed E-state index contributed by atoms with van der Waals surface area (Å²) in [5, 5.41) is 3.59. The Morgan fingerprint density at radius 1 is 1.16 bits per heavy atom. The number of rotatable bonds is 4. The summed E-state index contributed by atoms with van der Waals surface area (Å²) in [6.07, 6.45) is 0.0775. The number of imidazole rings is 1. The van der Waals surface area contributed by atoms with Crippen molar-refractivity contribution in [1.82, 2.24) is 24.1 Å². The molecular weight excluding hydrogens is 447 g/mol. The molecule has 4 aromatic rings. The average molecular weight is 463 g/mol. The highest BCUT2D eigenvalue weighted by atomic mass is 32.2. The van der Waals surface area contributed by atoms with Gasteiger partial charge in [0, 0.05) is 23.2 Å². The van der Waals surface area contributed by atoms with E-state index < -0.39 is 32.2 Å². The van der Waals surface area contributed by atoms with Crippen molar-refractivity contribution < 1.29 is 21.6 Å². The summed E-state index contributed by atoms with van der Waals surface area (Å²) < 4.78 is 67.1. The van der Waals surface area contributed by atoms with Crippen molar-refractivity contribution in [2.45, 2.75) is 36.9 Å². The van der Waals surface area contributed by atoms with Crippen LogP contribution in [0.5, 0.6) is 0 Å². The van der Waals surface area contributed by atoms with Gasteiger partial charge < -0.3 is 0 Å². The van der Waals surface area contributed by atoms with E-state index in [1.54, 1.807) is 12.3 Å². The van der Waals surface area contributed by atoms with Crippen molar-refractivity contribution in [2.75, 3.05) is 5.75 Å². The minimum Gasteiger partial charge on any atom is -0.267 e. The minimum atomic E-state index is -4.64. The molecule has 0 spiro atoms. The molecule has 1 aliphatic carbocycles. The van der Waals surface area contributed by atoms with E-state index in [2.05, 4.69) is 15.1 Å². The van der Waals surface area contributed by atoms with E-state index >= 15 is 0 Å². The molecule has 166 valence electrons. The Kier molecular flexibility index (Phi) is 4.42. The Morgan fingerprint density at radius 2 is 1.91 bits per heavy atom.